The Morgan fingerprint density at radius 3 is 2.94 bits per heavy atom. The van der Waals surface area contributed by atoms with E-state index in [-0.39, 0.29) is 5.78 Å². The molecule has 0 saturated carbocycles. The van der Waals surface area contributed by atoms with Gasteiger partial charge in [0.1, 0.15) is 5.92 Å². The number of hydrogen-bond donors (Lipinski definition) is 0. The lowest BCUT2D eigenvalue weighted by Crippen LogP contribution is -2.23. The van der Waals surface area contributed by atoms with Crippen LogP contribution in [-0.4, -0.2) is 18.4 Å². The van der Waals surface area contributed by atoms with Crippen LogP contribution in [-0.2, 0) is 16.0 Å². The van der Waals surface area contributed by atoms with Gasteiger partial charge in [-0.2, -0.15) is 0 Å². The first kappa shape index (κ1) is 12.1. The molecule has 4 heteroatoms. The maximum Gasteiger partial charge on any atom is 0.317 e. The van der Waals surface area contributed by atoms with Gasteiger partial charge in [-0.25, -0.2) is 0 Å². The highest BCUT2D eigenvalue weighted by molar-refractivity contribution is 6.35. The molecule has 1 aliphatic rings. The second-order valence-electron chi connectivity index (χ2n) is 4.06. The summed E-state index contributed by atoms with van der Waals surface area (Å²) in [5.74, 6) is -1.37. The van der Waals surface area contributed by atoms with Crippen molar-refractivity contribution in [2.24, 2.45) is 5.92 Å². The summed E-state index contributed by atoms with van der Waals surface area (Å²) in [7, 11) is 0. The van der Waals surface area contributed by atoms with Gasteiger partial charge in [-0.15, -0.1) is 0 Å². The molecule has 0 aromatic heterocycles. The first-order chi connectivity index (χ1) is 8.15. The Hall–Kier alpha value is -1.35. The van der Waals surface area contributed by atoms with E-state index in [4.69, 9.17) is 16.3 Å². The summed E-state index contributed by atoms with van der Waals surface area (Å²) >= 11 is 5.97. The van der Waals surface area contributed by atoms with Gasteiger partial charge in [0.25, 0.3) is 0 Å². The molecular weight excluding hydrogens is 240 g/mol. The third-order valence-corrected chi connectivity index (χ3v) is 3.13. The van der Waals surface area contributed by atoms with Crippen molar-refractivity contribution < 1.29 is 14.3 Å². The minimum absolute atomic E-state index is 0.216. The zero-order chi connectivity index (χ0) is 12.4. The van der Waals surface area contributed by atoms with Crippen LogP contribution in [0.1, 0.15) is 29.3 Å². The van der Waals surface area contributed by atoms with E-state index in [0.717, 1.165) is 12.0 Å². The molecule has 1 unspecified atom stereocenters. The van der Waals surface area contributed by atoms with E-state index >= 15 is 0 Å². The molecule has 0 radical (unpaired) electrons. The number of rotatable bonds is 3. The van der Waals surface area contributed by atoms with Crippen LogP contribution in [0.2, 0.25) is 5.02 Å². The fraction of sp³-hybridized carbons (Fsp3) is 0.385. The van der Waals surface area contributed by atoms with E-state index in [1.165, 1.54) is 0 Å². The summed E-state index contributed by atoms with van der Waals surface area (Å²) in [5.41, 5.74) is 1.31. The molecular formula is C13H13ClO3. The monoisotopic (exact) mass is 252 g/mol. The zero-order valence-corrected chi connectivity index (χ0v) is 10.3. The summed E-state index contributed by atoms with van der Waals surface area (Å²) < 4.78 is 5.01. The van der Waals surface area contributed by atoms with Crippen molar-refractivity contribution in [2.45, 2.75) is 19.8 Å². The third kappa shape index (κ3) is 2.20. The maximum atomic E-state index is 12.0. The Labute approximate surface area is 105 Å². The second kappa shape index (κ2) is 4.88. The summed E-state index contributed by atoms with van der Waals surface area (Å²) in [5, 5.41) is 0.415. The van der Waals surface area contributed by atoms with Crippen LogP contribution in [0.4, 0.5) is 0 Å². The fourth-order valence-corrected chi connectivity index (χ4v) is 2.28. The van der Waals surface area contributed by atoms with Gasteiger partial charge in [0, 0.05) is 5.56 Å². The molecule has 0 N–H and O–H groups in total. The first-order valence-electron chi connectivity index (χ1n) is 5.63. The number of fused-ring (bicyclic) bond motifs is 1. The van der Waals surface area contributed by atoms with E-state index in [9.17, 15) is 9.59 Å². The molecule has 90 valence electrons. The summed E-state index contributed by atoms with van der Waals surface area (Å²) in [6.45, 7) is 2.27. The Morgan fingerprint density at radius 2 is 2.29 bits per heavy atom. The van der Waals surface area contributed by atoms with Gasteiger partial charge in [0.05, 0.1) is 11.6 Å². The van der Waals surface area contributed by atoms with Gasteiger partial charge < -0.3 is 4.74 Å². The Balaban J connectivity index is 2.20. The highest BCUT2D eigenvalue weighted by Crippen LogP contribution is 2.32. The van der Waals surface area contributed by atoms with Crippen LogP contribution in [0.3, 0.4) is 0 Å². The normalized spacial score (nSPS) is 18.0. The number of esters is 1. The van der Waals surface area contributed by atoms with Crippen LogP contribution in [0.15, 0.2) is 18.2 Å². The van der Waals surface area contributed by atoms with Crippen LogP contribution in [0, 0.1) is 5.92 Å². The molecule has 0 amide bonds. The van der Waals surface area contributed by atoms with Crippen molar-refractivity contribution >= 4 is 23.4 Å². The van der Waals surface area contributed by atoms with Crippen molar-refractivity contribution in [3.63, 3.8) is 0 Å². The van der Waals surface area contributed by atoms with Crippen molar-refractivity contribution in [3.8, 4) is 0 Å². The van der Waals surface area contributed by atoms with E-state index in [1.807, 2.05) is 13.0 Å². The van der Waals surface area contributed by atoms with Crippen molar-refractivity contribution in [1.29, 1.82) is 0 Å². The number of Topliss-reactive ketones (excluding diaryl/α,β-unsaturated/α-hetero) is 1. The SMILES string of the molecule is CCCOC(=O)C1Cc2cccc(Cl)c2C1=O. The van der Waals surface area contributed by atoms with E-state index in [1.54, 1.807) is 12.1 Å². The van der Waals surface area contributed by atoms with E-state index < -0.39 is 11.9 Å². The molecule has 0 saturated heterocycles. The van der Waals surface area contributed by atoms with Gasteiger partial charge in [-0.3, -0.25) is 9.59 Å². The number of ether oxygens (including phenoxy) is 1. The van der Waals surface area contributed by atoms with Gasteiger partial charge in [-0.05, 0) is 24.5 Å². The molecule has 0 bridgehead atoms. The molecule has 0 fully saturated rings. The largest absolute Gasteiger partial charge is 0.465 e. The Kier molecular flexibility index (Phi) is 3.48. The van der Waals surface area contributed by atoms with Gasteiger partial charge in [0.2, 0.25) is 0 Å². The van der Waals surface area contributed by atoms with E-state index in [0.29, 0.717) is 23.6 Å². The lowest BCUT2D eigenvalue weighted by Gasteiger charge is -2.07. The number of halogens is 1. The molecule has 2 rings (SSSR count). The average Bonchev–Trinajstić information content (AvgIpc) is 2.65. The zero-order valence-electron chi connectivity index (χ0n) is 9.53. The third-order valence-electron chi connectivity index (χ3n) is 2.82. The van der Waals surface area contributed by atoms with Crippen molar-refractivity contribution in [3.05, 3.63) is 34.3 Å². The highest BCUT2D eigenvalue weighted by Gasteiger charge is 2.38. The van der Waals surface area contributed by atoms with Crippen LogP contribution >= 0.6 is 11.6 Å². The average molecular weight is 253 g/mol. The molecule has 17 heavy (non-hydrogen) atoms. The van der Waals surface area contributed by atoms with E-state index in [2.05, 4.69) is 0 Å². The number of ketones is 1. The molecule has 1 aromatic carbocycles. The van der Waals surface area contributed by atoms with Gasteiger partial charge in [0.15, 0.2) is 5.78 Å². The number of carbonyl (C=O) groups is 2. The lowest BCUT2D eigenvalue weighted by atomic mass is 10.1. The van der Waals surface area contributed by atoms with Crippen LogP contribution in [0.25, 0.3) is 0 Å². The van der Waals surface area contributed by atoms with Crippen LogP contribution in [0.5, 0.6) is 0 Å². The first-order valence-corrected chi connectivity index (χ1v) is 6.01. The molecule has 1 aliphatic carbocycles. The predicted molar refractivity (Wildman–Crippen MR) is 64.2 cm³/mol. The van der Waals surface area contributed by atoms with Crippen LogP contribution < -0.4 is 0 Å². The van der Waals surface area contributed by atoms with Crippen molar-refractivity contribution in [2.75, 3.05) is 6.61 Å². The smallest absolute Gasteiger partial charge is 0.317 e. The molecule has 1 atom stereocenters. The van der Waals surface area contributed by atoms with Crippen molar-refractivity contribution in [1.82, 2.24) is 0 Å². The molecule has 0 aliphatic heterocycles. The second-order valence-corrected chi connectivity index (χ2v) is 4.47. The minimum atomic E-state index is -0.712. The molecule has 0 spiro atoms. The summed E-state index contributed by atoms with van der Waals surface area (Å²) in [6.07, 6.45) is 1.15. The predicted octanol–water partition coefficient (Wildman–Crippen LogP) is 2.65. The topological polar surface area (TPSA) is 43.4 Å². The molecule has 0 heterocycles. The maximum absolute atomic E-state index is 12.0. The minimum Gasteiger partial charge on any atom is -0.465 e. The molecule has 1 aromatic rings. The quantitative estimate of drug-likeness (QED) is 0.614. The summed E-state index contributed by atoms with van der Waals surface area (Å²) in [6, 6.07) is 5.28. The Morgan fingerprint density at radius 1 is 1.53 bits per heavy atom. The highest BCUT2D eigenvalue weighted by atomic mass is 35.5. The van der Waals surface area contributed by atoms with Gasteiger partial charge >= 0.3 is 5.97 Å². The summed E-state index contributed by atoms with van der Waals surface area (Å²) in [4.78, 5) is 23.7. The number of benzene rings is 1. The molecule has 3 nitrogen and oxygen atoms in total. The fourth-order valence-electron chi connectivity index (χ4n) is 2.00. The lowest BCUT2D eigenvalue weighted by molar-refractivity contribution is -0.146. The standard InChI is InChI=1S/C13H13ClO3/c1-2-6-17-13(16)9-7-8-4-3-5-10(14)11(8)12(9)15/h3-5,9H,2,6-7H2,1H3. The van der Waals surface area contributed by atoms with Gasteiger partial charge in [-0.1, -0.05) is 30.7 Å². The number of carbonyl (C=O) groups excluding carboxylic acids is 2. The Bertz CT molecular complexity index is 468. The number of hydrogen-bond acceptors (Lipinski definition) is 3.